The highest BCUT2D eigenvalue weighted by molar-refractivity contribution is 6.18. The van der Waals surface area contributed by atoms with Crippen molar-refractivity contribution in [3.05, 3.63) is 0 Å². The van der Waals surface area contributed by atoms with Crippen molar-refractivity contribution >= 4 is 23.4 Å². The van der Waals surface area contributed by atoms with Crippen LogP contribution in [-0.4, -0.2) is 42.2 Å². The van der Waals surface area contributed by atoms with Crippen LogP contribution < -0.4 is 5.32 Å². The minimum Gasteiger partial charge on any atom is -0.356 e. The number of amides is 2. The van der Waals surface area contributed by atoms with Crippen molar-refractivity contribution in [2.45, 2.75) is 32.1 Å². The predicted molar refractivity (Wildman–Crippen MR) is 63.4 cm³/mol. The van der Waals surface area contributed by atoms with E-state index in [4.69, 9.17) is 11.6 Å². The van der Waals surface area contributed by atoms with E-state index >= 15 is 0 Å². The fourth-order valence-corrected chi connectivity index (χ4v) is 1.96. The van der Waals surface area contributed by atoms with E-state index in [9.17, 15) is 9.59 Å². The number of halogens is 1. The maximum absolute atomic E-state index is 11.7. The zero-order valence-corrected chi connectivity index (χ0v) is 10.3. The quantitative estimate of drug-likeness (QED) is 0.740. The predicted octanol–water partition coefficient (Wildman–Crippen LogP) is 1.13. The third-order valence-corrected chi connectivity index (χ3v) is 2.88. The number of hydrogen-bond donors (Lipinski definition) is 1. The highest BCUT2D eigenvalue weighted by atomic mass is 35.5. The maximum Gasteiger partial charge on any atom is 0.224 e. The third-order valence-electron chi connectivity index (χ3n) is 2.69. The smallest absolute Gasteiger partial charge is 0.224 e. The Kier molecular flexibility index (Phi) is 6.23. The molecule has 0 unspecified atom stereocenters. The lowest BCUT2D eigenvalue weighted by atomic mass is 10.1. The maximum atomic E-state index is 11.7. The van der Waals surface area contributed by atoms with Crippen LogP contribution in [0.5, 0.6) is 0 Å². The molecule has 0 atom stereocenters. The Hall–Kier alpha value is -0.770. The van der Waals surface area contributed by atoms with Crippen LogP contribution in [0.3, 0.4) is 0 Å². The topological polar surface area (TPSA) is 49.4 Å². The number of piperidine rings is 1. The van der Waals surface area contributed by atoms with E-state index in [2.05, 4.69) is 5.32 Å². The van der Waals surface area contributed by atoms with Crippen LogP contribution in [0.1, 0.15) is 32.1 Å². The summed E-state index contributed by atoms with van der Waals surface area (Å²) in [4.78, 5) is 24.7. The summed E-state index contributed by atoms with van der Waals surface area (Å²) in [5.41, 5.74) is 0. The molecule has 1 saturated heterocycles. The van der Waals surface area contributed by atoms with E-state index in [0.717, 1.165) is 25.9 Å². The van der Waals surface area contributed by atoms with Crippen LogP contribution in [0.2, 0.25) is 0 Å². The molecule has 1 rings (SSSR count). The van der Waals surface area contributed by atoms with Crippen molar-refractivity contribution in [2.24, 2.45) is 0 Å². The molecule has 1 N–H and O–H groups in total. The molecule has 0 aliphatic carbocycles. The fraction of sp³-hybridized carbons (Fsp3) is 0.818. The highest BCUT2D eigenvalue weighted by Crippen LogP contribution is 2.09. The van der Waals surface area contributed by atoms with Gasteiger partial charge in [0.2, 0.25) is 11.8 Å². The van der Waals surface area contributed by atoms with Gasteiger partial charge in [0.1, 0.15) is 0 Å². The molecule has 2 amide bonds. The molecule has 0 bridgehead atoms. The molecule has 0 aromatic rings. The molecule has 1 fully saturated rings. The largest absolute Gasteiger partial charge is 0.356 e. The number of alkyl halides is 1. The van der Waals surface area contributed by atoms with Crippen LogP contribution in [-0.2, 0) is 9.59 Å². The normalized spacial score (nSPS) is 15.9. The number of nitrogens with one attached hydrogen (secondary N) is 1. The number of nitrogens with zero attached hydrogens (tertiary/aromatic N) is 1. The molecular weight excluding hydrogens is 228 g/mol. The molecule has 5 heteroatoms. The lowest BCUT2D eigenvalue weighted by molar-refractivity contribution is -0.132. The first kappa shape index (κ1) is 13.3. The Morgan fingerprint density at radius 1 is 1.12 bits per heavy atom. The van der Waals surface area contributed by atoms with Crippen molar-refractivity contribution in [3.8, 4) is 0 Å². The average molecular weight is 247 g/mol. The molecule has 92 valence electrons. The second-order valence-electron chi connectivity index (χ2n) is 3.98. The Bertz CT molecular complexity index is 240. The van der Waals surface area contributed by atoms with Gasteiger partial charge in [-0.1, -0.05) is 0 Å². The van der Waals surface area contributed by atoms with Gasteiger partial charge in [-0.05, 0) is 19.3 Å². The minimum absolute atomic E-state index is 0.0820. The SMILES string of the molecule is O=C(CCCl)NCCC(=O)N1CCCCC1. The summed E-state index contributed by atoms with van der Waals surface area (Å²) in [6.07, 6.45) is 4.14. The van der Waals surface area contributed by atoms with E-state index in [-0.39, 0.29) is 11.8 Å². The Morgan fingerprint density at radius 2 is 1.81 bits per heavy atom. The van der Waals surface area contributed by atoms with Crippen molar-refractivity contribution in [1.82, 2.24) is 10.2 Å². The molecule has 4 nitrogen and oxygen atoms in total. The van der Waals surface area contributed by atoms with E-state index < -0.39 is 0 Å². The fourth-order valence-electron chi connectivity index (χ4n) is 1.78. The molecule has 0 spiro atoms. The summed E-state index contributed by atoms with van der Waals surface area (Å²) in [6.45, 7) is 2.16. The van der Waals surface area contributed by atoms with Gasteiger partial charge in [0.05, 0.1) is 0 Å². The van der Waals surface area contributed by atoms with Crippen molar-refractivity contribution in [1.29, 1.82) is 0 Å². The number of carbonyl (C=O) groups is 2. The number of hydrogen-bond acceptors (Lipinski definition) is 2. The molecular formula is C11H19ClN2O2. The molecule has 16 heavy (non-hydrogen) atoms. The summed E-state index contributed by atoms with van der Waals surface area (Å²) in [6, 6.07) is 0. The minimum atomic E-state index is -0.0820. The van der Waals surface area contributed by atoms with Crippen molar-refractivity contribution in [3.63, 3.8) is 0 Å². The molecule has 0 saturated carbocycles. The van der Waals surface area contributed by atoms with Gasteiger partial charge in [-0.3, -0.25) is 9.59 Å². The molecule has 1 aliphatic rings. The van der Waals surface area contributed by atoms with Gasteiger partial charge in [-0.2, -0.15) is 0 Å². The first-order valence-electron chi connectivity index (χ1n) is 5.84. The van der Waals surface area contributed by atoms with E-state index in [1.807, 2.05) is 4.90 Å². The highest BCUT2D eigenvalue weighted by Gasteiger charge is 2.15. The van der Waals surface area contributed by atoms with Gasteiger partial charge >= 0.3 is 0 Å². The van der Waals surface area contributed by atoms with Gasteiger partial charge < -0.3 is 10.2 Å². The Labute approximate surface area is 101 Å². The zero-order valence-electron chi connectivity index (χ0n) is 9.51. The second-order valence-corrected chi connectivity index (χ2v) is 4.36. The first-order chi connectivity index (χ1) is 7.74. The Morgan fingerprint density at radius 3 is 2.44 bits per heavy atom. The third kappa shape index (κ3) is 4.84. The molecule has 1 aliphatic heterocycles. The summed E-state index contributed by atoms with van der Waals surface area (Å²) < 4.78 is 0. The second kappa shape index (κ2) is 7.49. The molecule has 0 aromatic heterocycles. The Balaban J connectivity index is 2.12. The zero-order chi connectivity index (χ0) is 11.8. The van der Waals surface area contributed by atoms with Crippen molar-refractivity contribution in [2.75, 3.05) is 25.5 Å². The summed E-state index contributed by atoms with van der Waals surface area (Å²) in [5.74, 6) is 0.388. The van der Waals surface area contributed by atoms with Crippen LogP contribution in [0, 0.1) is 0 Å². The lowest BCUT2D eigenvalue weighted by Gasteiger charge is -2.26. The van der Waals surface area contributed by atoms with Gasteiger partial charge in [-0.25, -0.2) is 0 Å². The van der Waals surface area contributed by atoms with Crippen LogP contribution in [0.25, 0.3) is 0 Å². The van der Waals surface area contributed by atoms with Gasteiger partial charge in [0.15, 0.2) is 0 Å². The molecule has 0 radical (unpaired) electrons. The summed E-state index contributed by atoms with van der Waals surface area (Å²) >= 11 is 5.42. The average Bonchev–Trinajstić information content (AvgIpc) is 2.30. The van der Waals surface area contributed by atoms with Crippen molar-refractivity contribution < 1.29 is 9.59 Å². The van der Waals surface area contributed by atoms with Crippen LogP contribution >= 0.6 is 11.6 Å². The van der Waals surface area contributed by atoms with Gasteiger partial charge in [-0.15, -0.1) is 11.6 Å². The van der Waals surface area contributed by atoms with Crippen LogP contribution in [0.15, 0.2) is 0 Å². The van der Waals surface area contributed by atoms with E-state index in [0.29, 0.717) is 25.3 Å². The lowest BCUT2D eigenvalue weighted by Crippen LogP contribution is -2.37. The summed E-state index contributed by atoms with van der Waals surface area (Å²) in [5, 5.41) is 2.68. The van der Waals surface area contributed by atoms with E-state index in [1.54, 1.807) is 0 Å². The number of likely N-dealkylation sites (tertiary alicyclic amines) is 1. The van der Waals surface area contributed by atoms with Gasteiger partial charge in [0, 0.05) is 38.4 Å². The van der Waals surface area contributed by atoms with E-state index in [1.165, 1.54) is 6.42 Å². The number of carbonyl (C=O) groups excluding carboxylic acids is 2. The molecule has 0 aromatic carbocycles. The van der Waals surface area contributed by atoms with Crippen LogP contribution in [0.4, 0.5) is 0 Å². The summed E-state index contributed by atoms with van der Waals surface area (Å²) in [7, 11) is 0. The first-order valence-corrected chi connectivity index (χ1v) is 6.38. The standard InChI is InChI=1S/C11H19ClN2O2/c12-6-4-10(15)13-7-5-11(16)14-8-2-1-3-9-14/h1-9H2,(H,13,15). The number of rotatable bonds is 5. The van der Waals surface area contributed by atoms with Gasteiger partial charge in [0.25, 0.3) is 0 Å². The molecule has 1 heterocycles. The monoisotopic (exact) mass is 246 g/mol.